The van der Waals surface area contributed by atoms with E-state index < -0.39 is 26.6 Å². The SMILES string of the molecule is NC(=O)Cc1ccc(NS(=O)(=O)c2ccccc2F)cc1. The van der Waals surface area contributed by atoms with Crippen LogP contribution >= 0.6 is 0 Å². The summed E-state index contributed by atoms with van der Waals surface area (Å²) in [5.74, 6) is -1.30. The van der Waals surface area contributed by atoms with Gasteiger partial charge in [-0.25, -0.2) is 12.8 Å². The number of halogens is 1. The van der Waals surface area contributed by atoms with E-state index in [1.807, 2.05) is 0 Å². The van der Waals surface area contributed by atoms with E-state index in [4.69, 9.17) is 5.73 Å². The number of carbonyl (C=O) groups is 1. The number of anilines is 1. The van der Waals surface area contributed by atoms with Crippen LogP contribution in [0.25, 0.3) is 0 Å². The molecule has 2 aromatic carbocycles. The van der Waals surface area contributed by atoms with Gasteiger partial charge in [-0.15, -0.1) is 0 Å². The summed E-state index contributed by atoms with van der Waals surface area (Å²) in [7, 11) is -4.00. The Labute approximate surface area is 121 Å². The van der Waals surface area contributed by atoms with Crippen LogP contribution in [0.2, 0.25) is 0 Å². The third kappa shape index (κ3) is 3.79. The van der Waals surface area contributed by atoms with E-state index in [9.17, 15) is 17.6 Å². The fraction of sp³-hybridized carbons (Fsp3) is 0.0714. The molecule has 0 atom stereocenters. The first-order valence-electron chi connectivity index (χ1n) is 6.03. The van der Waals surface area contributed by atoms with Crippen molar-refractivity contribution in [2.75, 3.05) is 4.72 Å². The second-order valence-electron chi connectivity index (χ2n) is 4.38. The van der Waals surface area contributed by atoms with E-state index in [-0.39, 0.29) is 12.1 Å². The first-order chi connectivity index (χ1) is 9.88. The van der Waals surface area contributed by atoms with E-state index >= 15 is 0 Å². The Kier molecular flexibility index (Phi) is 4.23. The summed E-state index contributed by atoms with van der Waals surface area (Å²) < 4.78 is 39.9. The molecule has 0 aromatic heterocycles. The maximum Gasteiger partial charge on any atom is 0.264 e. The fourth-order valence-electron chi connectivity index (χ4n) is 1.76. The van der Waals surface area contributed by atoms with E-state index in [0.717, 1.165) is 6.07 Å². The minimum absolute atomic E-state index is 0.0698. The van der Waals surface area contributed by atoms with Crippen LogP contribution in [0.1, 0.15) is 5.56 Å². The average molecular weight is 308 g/mol. The van der Waals surface area contributed by atoms with E-state index in [1.165, 1.54) is 30.3 Å². The Bertz CT molecular complexity index is 758. The second-order valence-corrected chi connectivity index (χ2v) is 6.03. The molecule has 3 N–H and O–H groups in total. The van der Waals surface area contributed by atoms with Crippen LogP contribution in [0.15, 0.2) is 53.4 Å². The maximum absolute atomic E-state index is 13.5. The van der Waals surface area contributed by atoms with Gasteiger partial charge in [0.1, 0.15) is 10.7 Å². The van der Waals surface area contributed by atoms with Gasteiger partial charge in [0, 0.05) is 5.69 Å². The molecule has 0 fully saturated rings. The zero-order chi connectivity index (χ0) is 15.5. The molecule has 0 unspecified atom stereocenters. The van der Waals surface area contributed by atoms with Crippen molar-refractivity contribution in [3.8, 4) is 0 Å². The number of carbonyl (C=O) groups excluding carboxylic acids is 1. The average Bonchev–Trinajstić information content (AvgIpc) is 2.40. The van der Waals surface area contributed by atoms with Crippen LogP contribution < -0.4 is 10.5 Å². The normalized spacial score (nSPS) is 11.1. The van der Waals surface area contributed by atoms with Crippen molar-refractivity contribution in [2.45, 2.75) is 11.3 Å². The summed E-state index contributed by atoms with van der Waals surface area (Å²) >= 11 is 0. The van der Waals surface area contributed by atoms with Gasteiger partial charge >= 0.3 is 0 Å². The lowest BCUT2D eigenvalue weighted by molar-refractivity contribution is -0.117. The molecule has 0 aliphatic rings. The highest BCUT2D eigenvalue weighted by Gasteiger charge is 2.18. The van der Waals surface area contributed by atoms with Gasteiger partial charge in [0.05, 0.1) is 6.42 Å². The Hall–Kier alpha value is -2.41. The van der Waals surface area contributed by atoms with Crippen LogP contribution in [-0.4, -0.2) is 14.3 Å². The predicted octanol–water partition coefficient (Wildman–Crippen LogP) is 1.65. The first-order valence-corrected chi connectivity index (χ1v) is 7.51. The number of benzene rings is 2. The lowest BCUT2D eigenvalue weighted by Gasteiger charge is -2.09. The molecule has 1 amide bonds. The highest BCUT2D eigenvalue weighted by atomic mass is 32.2. The summed E-state index contributed by atoms with van der Waals surface area (Å²) in [6.45, 7) is 0. The molecule has 110 valence electrons. The van der Waals surface area contributed by atoms with Crippen LogP contribution in [0.5, 0.6) is 0 Å². The smallest absolute Gasteiger partial charge is 0.264 e. The van der Waals surface area contributed by atoms with Gasteiger partial charge in [-0.2, -0.15) is 0 Å². The molecule has 0 aliphatic heterocycles. The molecule has 0 radical (unpaired) electrons. The van der Waals surface area contributed by atoms with E-state index in [1.54, 1.807) is 12.1 Å². The van der Waals surface area contributed by atoms with Crippen LogP contribution in [0.3, 0.4) is 0 Å². The molecule has 0 saturated heterocycles. The van der Waals surface area contributed by atoms with Crippen molar-refractivity contribution in [3.63, 3.8) is 0 Å². The molecule has 21 heavy (non-hydrogen) atoms. The van der Waals surface area contributed by atoms with Crippen molar-refractivity contribution < 1.29 is 17.6 Å². The third-order valence-electron chi connectivity index (χ3n) is 2.71. The van der Waals surface area contributed by atoms with Gasteiger partial charge in [0.15, 0.2) is 0 Å². The van der Waals surface area contributed by atoms with Gasteiger partial charge in [0.2, 0.25) is 5.91 Å². The van der Waals surface area contributed by atoms with Crippen molar-refractivity contribution in [2.24, 2.45) is 5.73 Å². The molecule has 0 bridgehead atoms. The van der Waals surface area contributed by atoms with Crippen LogP contribution in [0.4, 0.5) is 10.1 Å². The molecular formula is C14H13FN2O3S. The lowest BCUT2D eigenvalue weighted by Crippen LogP contribution is -2.15. The minimum atomic E-state index is -4.00. The fourth-order valence-corrected chi connectivity index (χ4v) is 2.90. The monoisotopic (exact) mass is 308 g/mol. The highest BCUT2D eigenvalue weighted by Crippen LogP contribution is 2.19. The molecule has 0 heterocycles. The summed E-state index contributed by atoms with van der Waals surface area (Å²) in [5, 5.41) is 0. The van der Waals surface area contributed by atoms with Crippen LogP contribution in [-0.2, 0) is 21.2 Å². The Balaban J connectivity index is 2.21. The summed E-state index contributed by atoms with van der Waals surface area (Å²) in [6.07, 6.45) is 0.0698. The van der Waals surface area contributed by atoms with Gasteiger partial charge < -0.3 is 5.73 Å². The largest absolute Gasteiger partial charge is 0.369 e. The zero-order valence-corrected chi connectivity index (χ0v) is 11.7. The maximum atomic E-state index is 13.5. The van der Waals surface area contributed by atoms with E-state index in [0.29, 0.717) is 5.56 Å². The number of nitrogens with two attached hydrogens (primary N) is 1. The molecule has 2 rings (SSSR count). The molecule has 0 spiro atoms. The molecule has 0 saturated carbocycles. The third-order valence-corrected chi connectivity index (χ3v) is 4.13. The number of primary amides is 1. The molecular weight excluding hydrogens is 295 g/mol. The summed E-state index contributed by atoms with van der Waals surface area (Å²) in [5.41, 5.74) is 6.00. The van der Waals surface area contributed by atoms with Crippen molar-refractivity contribution in [1.82, 2.24) is 0 Å². The Morgan fingerprint density at radius 1 is 1.10 bits per heavy atom. The van der Waals surface area contributed by atoms with Gasteiger partial charge in [0.25, 0.3) is 10.0 Å². The topological polar surface area (TPSA) is 89.3 Å². The highest BCUT2D eigenvalue weighted by molar-refractivity contribution is 7.92. The molecule has 0 aliphatic carbocycles. The Morgan fingerprint density at radius 2 is 1.71 bits per heavy atom. The number of hydrogen-bond donors (Lipinski definition) is 2. The molecule has 5 nitrogen and oxygen atoms in total. The summed E-state index contributed by atoms with van der Waals surface area (Å²) in [4.78, 5) is 10.3. The number of hydrogen-bond acceptors (Lipinski definition) is 3. The number of rotatable bonds is 5. The van der Waals surface area contributed by atoms with Crippen molar-refractivity contribution in [1.29, 1.82) is 0 Å². The van der Waals surface area contributed by atoms with Gasteiger partial charge in [-0.05, 0) is 29.8 Å². The number of amides is 1. The summed E-state index contributed by atoms with van der Waals surface area (Å²) in [6, 6.07) is 11.2. The standard InChI is InChI=1S/C14H13FN2O3S/c15-12-3-1-2-4-13(12)21(19,20)17-11-7-5-10(6-8-11)9-14(16)18/h1-8,17H,9H2,(H2,16,18). The minimum Gasteiger partial charge on any atom is -0.369 e. The van der Waals surface area contributed by atoms with Crippen molar-refractivity contribution >= 4 is 21.6 Å². The van der Waals surface area contributed by atoms with Gasteiger partial charge in [-0.1, -0.05) is 24.3 Å². The van der Waals surface area contributed by atoms with Crippen LogP contribution in [0, 0.1) is 5.82 Å². The first kappa shape index (κ1) is 15.0. The predicted molar refractivity (Wildman–Crippen MR) is 76.5 cm³/mol. The molecule has 2 aromatic rings. The van der Waals surface area contributed by atoms with E-state index in [2.05, 4.69) is 4.72 Å². The van der Waals surface area contributed by atoms with Gasteiger partial charge in [-0.3, -0.25) is 9.52 Å². The number of nitrogens with one attached hydrogen (secondary N) is 1. The zero-order valence-electron chi connectivity index (χ0n) is 10.9. The van der Waals surface area contributed by atoms with Crippen molar-refractivity contribution in [3.05, 3.63) is 59.9 Å². The molecule has 7 heteroatoms. The Morgan fingerprint density at radius 3 is 2.29 bits per heavy atom. The second kappa shape index (κ2) is 5.92. The number of sulfonamides is 1. The quantitative estimate of drug-likeness (QED) is 0.880. The lowest BCUT2D eigenvalue weighted by atomic mass is 10.1.